The van der Waals surface area contributed by atoms with Gasteiger partial charge in [-0.3, -0.25) is 0 Å². The molecule has 0 amide bonds. The molecule has 3 heteroatoms. The van der Waals surface area contributed by atoms with E-state index >= 15 is 0 Å². The van der Waals surface area contributed by atoms with Crippen LogP contribution in [-0.2, 0) is 0 Å². The second-order valence-electron chi connectivity index (χ2n) is 4.24. The van der Waals surface area contributed by atoms with E-state index in [0.717, 1.165) is 18.2 Å². The maximum Gasteiger partial charge on any atom is 0.125 e. The third-order valence-electron chi connectivity index (χ3n) is 2.82. The van der Waals surface area contributed by atoms with Gasteiger partial charge in [-0.05, 0) is 37.0 Å². The molecular weight excluding hydrogens is 191 g/mol. The molecule has 0 bridgehead atoms. The Hall–Kier alpha value is -1.25. The zero-order valence-electron chi connectivity index (χ0n) is 8.80. The number of benzene rings is 1. The van der Waals surface area contributed by atoms with Crippen molar-refractivity contribution in [3.8, 4) is 0 Å². The van der Waals surface area contributed by atoms with Crippen molar-refractivity contribution in [2.24, 2.45) is 5.92 Å². The van der Waals surface area contributed by atoms with Gasteiger partial charge in [-0.25, -0.2) is 4.39 Å². The minimum absolute atomic E-state index is 0.281. The van der Waals surface area contributed by atoms with E-state index in [1.807, 2.05) is 0 Å². The molecule has 0 saturated heterocycles. The molecule has 2 nitrogen and oxygen atoms in total. The van der Waals surface area contributed by atoms with Crippen LogP contribution in [0.4, 0.5) is 15.8 Å². The Bertz CT molecular complexity index is 334. The predicted octanol–water partition coefficient (Wildman–Crippen LogP) is 3.01. The number of hydrogen-bond acceptors (Lipinski definition) is 2. The molecule has 2 rings (SSSR count). The molecule has 0 heterocycles. The lowest BCUT2D eigenvalue weighted by atomic mass is 10.2. The monoisotopic (exact) mass is 208 g/mol. The van der Waals surface area contributed by atoms with E-state index in [1.54, 1.807) is 6.07 Å². The number of nitrogen functional groups attached to an aromatic ring is 1. The van der Waals surface area contributed by atoms with Crippen LogP contribution < -0.4 is 11.1 Å². The van der Waals surface area contributed by atoms with Crippen LogP contribution in [0.2, 0.25) is 0 Å². The minimum atomic E-state index is -0.281. The Morgan fingerprint density at radius 1 is 1.40 bits per heavy atom. The highest BCUT2D eigenvalue weighted by Crippen LogP contribution is 2.33. The molecule has 1 aliphatic rings. The lowest BCUT2D eigenvalue weighted by Gasteiger charge is -2.08. The van der Waals surface area contributed by atoms with E-state index in [1.165, 1.54) is 37.8 Å². The summed E-state index contributed by atoms with van der Waals surface area (Å²) in [6, 6.07) is 4.48. The highest BCUT2D eigenvalue weighted by Gasteiger charge is 2.19. The Morgan fingerprint density at radius 2 is 2.20 bits per heavy atom. The Kier molecular flexibility index (Phi) is 3.09. The smallest absolute Gasteiger partial charge is 0.125 e. The average Bonchev–Trinajstić information content (AvgIpc) is 2.99. The van der Waals surface area contributed by atoms with E-state index in [2.05, 4.69) is 5.32 Å². The standard InChI is InChI=1S/C12H17FN2/c13-10-5-6-12(11(14)8-10)15-7-1-2-9-3-4-9/h5-6,8-9,15H,1-4,7,14H2. The Balaban J connectivity index is 1.76. The van der Waals surface area contributed by atoms with Gasteiger partial charge < -0.3 is 11.1 Å². The normalized spacial score (nSPS) is 15.3. The van der Waals surface area contributed by atoms with Crippen molar-refractivity contribution in [3.63, 3.8) is 0 Å². The third-order valence-corrected chi connectivity index (χ3v) is 2.82. The van der Waals surface area contributed by atoms with Gasteiger partial charge in [-0.1, -0.05) is 12.8 Å². The van der Waals surface area contributed by atoms with Crippen molar-refractivity contribution in [3.05, 3.63) is 24.0 Å². The number of halogens is 1. The summed E-state index contributed by atoms with van der Waals surface area (Å²) in [6.45, 7) is 0.923. The van der Waals surface area contributed by atoms with Gasteiger partial charge in [0.1, 0.15) is 5.82 Å². The van der Waals surface area contributed by atoms with Crippen molar-refractivity contribution < 1.29 is 4.39 Å². The van der Waals surface area contributed by atoms with E-state index in [-0.39, 0.29) is 5.82 Å². The van der Waals surface area contributed by atoms with Crippen LogP contribution in [0.3, 0.4) is 0 Å². The highest BCUT2D eigenvalue weighted by molar-refractivity contribution is 5.65. The fourth-order valence-electron chi connectivity index (χ4n) is 1.71. The summed E-state index contributed by atoms with van der Waals surface area (Å²) in [5, 5.41) is 3.23. The predicted molar refractivity (Wildman–Crippen MR) is 61.3 cm³/mol. The van der Waals surface area contributed by atoms with E-state index < -0.39 is 0 Å². The van der Waals surface area contributed by atoms with Gasteiger partial charge >= 0.3 is 0 Å². The highest BCUT2D eigenvalue weighted by atomic mass is 19.1. The second kappa shape index (κ2) is 4.51. The van der Waals surface area contributed by atoms with Crippen LogP contribution in [-0.4, -0.2) is 6.54 Å². The van der Waals surface area contributed by atoms with Crippen LogP contribution >= 0.6 is 0 Å². The molecule has 0 aromatic heterocycles. The second-order valence-corrected chi connectivity index (χ2v) is 4.24. The average molecular weight is 208 g/mol. The van der Waals surface area contributed by atoms with Crippen molar-refractivity contribution in [1.29, 1.82) is 0 Å². The molecule has 3 N–H and O–H groups in total. The molecule has 0 spiro atoms. The third kappa shape index (κ3) is 3.11. The summed E-state index contributed by atoms with van der Waals surface area (Å²) in [6.07, 6.45) is 5.27. The summed E-state index contributed by atoms with van der Waals surface area (Å²) in [7, 11) is 0. The van der Waals surface area contributed by atoms with Crippen molar-refractivity contribution in [1.82, 2.24) is 0 Å². The molecule has 0 radical (unpaired) electrons. The maximum atomic E-state index is 12.7. The molecule has 82 valence electrons. The molecule has 0 unspecified atom stereocenters. The summed E-state index contributed by atoms with van der Waals surface area (Å²) < 4.78 is 12.7. The first kappa shape index (κ1) is 10.3. The molecule has 1 aromatic carbocycles. The molecule has 1 fully saturated rings. The van der Waals surface area contributed by atoms with Crippen LogP contribution in [0.15, 0.2) is 18.2 Å². The van der Waals surface area contributed by atoms with Crippen LogP contribution in [0, 0.1) is 11.7 Å². The number of nitrogens with one attached hydrogen (secondary N) is 1. The van der Waals surface area contributed by atoms with Crippen molar-refractivity contribution in [2.75, 3.05) is 17.6 Å². The number of hydrogen-bond donors (Lipinski definition) is 2. The number of rotatable bonds is 5. The van der Waals surface area contributed by atoms with Gasteiger partial charge in [0.2, 0.25) is 0 Å². The van der Waals surface area contributed by atoms with Gasteiger partial charge in [0.25, 0.3) is 0 Å². The molecule has 1 saturated carbocycles. The fourth-order valence-corrected chi connectivity index (χ4v) is 1.71. The van der Waals surface area contributed by atoms with Crippen LogP contribution in [0.1, 0.15) is 25.7 Å². The van der Waals surface area contributed by atoms with E-state index in [9.17, 15) is 4.39 Å². The molecule has 0 aliphatic heterocycles. The van der Waals surface area contributed by atoms with Gasteiger partial charge in [0.15, 0.2) is 0 Å². The van der Waals surface area contributed by atoms with Gasteiger partial charge in [0, 0.05) is 6.54 Å². The summed E-state index contributed by atoms with van der Waals surface area (Å²) in [5.74, 6) is 0.688. The lowest BCUT2D eigenvalue weighted by molar-refractivity contribution is 0.628. The quantitative estimate of drug-likeness (QED) is 0.576. The number of anilines is 2. The van der Waals surface area contributed by atoms with Crippen LogP contribution in [0.5, 0.6) is 0 Å². The number of nitrogens with two attached hydrogens (primary N) is 1. The van der Waals surface area contributed by atoms with E-state index in [4.69, 9.17) is 5.73 Å². The topological polar surface area (TPSA) is 38.0 Å². The maximum absolute atomic E-state index is 12.7. The first-order chi connectivity index (χ1) is 7.25. The van der Waals surface area contributed by atoms with Crippen LogP contribution in [0.25, 0.3) is 0 Å². The zero-order chi connectivity index (χ0) is 10.7. The Morgan fingerprint density at radius 3 is 2.87 bits per heavy atom. The molecule has 15 heavy (non-hydrogen) atoms. The van der Waals surface area contributed by atoms with Gasteiger partial charge in [0.05, 0.1) is 11.4 Å². The molecule has 0 atom stereocenters. The van der Waals surface area contributed by atoms with Gasteiger partial charge in [-0.15, -0.1) is 0 Å². The summed E-state index contributed by atoms with van der Waals surface area (Å²) in [4.78, 5) is 0. The first-order valence-electron chi connectivity index (χ1n) is 5.54. The first-order valence-corrected chi connectivity index (χ1v) is 5.54. The zero-order valence-corrected chi connectivity index (χ0v) is 8.80. The molecular formula is C12H17FN2. The lowest BCUT2D eigenvalue weighted by Crippen LogP contribution is -2.04. The molecule has 1 aliphatic carbocycles. The van der Waals surface area contributed by atoms with E-state index in [0.29, 0.717) is 5.69 Å². The fraction of sp³-hybridized carbons (Fsp3) is 0.500. The van der Waals surface area contributed by atoms with Crippen molar-refractivity contribution in [2.45, 2.75) is 25.7 Å². The Labute approximate surface area is 89.7 Å². The molecule has 1 aromatic rings. The minimum Gasteiger partial charge on any atom is -0.397 e. The largest absolute Gasteiger partial charge is 0.397 e. The van der Waals surface area contributed by atoms with Crippen molar-refractivity contribution >= 4 is 11.4 Å². The summed E-state index contributed by atoms with van der Waals surface area (Å²) in [5.41, 5.74) is 7.00. The van der Waals surface area contributed by atoms with Gasteiger partial charge in [-0.2, -0.15) is 0 Å². The summed E-state index contributed by atoms with van der Waals surface area (Å²) >= 11 is 0. The SMILES string of the molecule is Nc1cc(F)ccc1NCCCC1CC1.